The van der Waals surface area contributed by atoms with Crippen LogP contribution < -0.4 is 10.1 Å². The Hall–Kier alpha value is -2.50. The number of benzene rings is 1. The maximum absolute atomic E-state index is 5.19. The fourth-order valence-corrected chi connectivity index (χ4v) is 2.45. The van der Waals surface area contributed by atoms with Gasteiger partial charge in [0.25, 0.3) is 0 Å². The van der Waals surface area contributed by atoms with E-state index < -0.39 is 0 Å². The van der Waals surface area contributed by atoms with E-state index in [-0.39, 0.29) is 0 Å². The third-order valence-corrected chi connectivity index (χ3v) is 3.92. The van der Waals surface area contributed by atoms with Crippen LogP contribution in [0.1, 0.15) is 32.4 Å². The molecule has 0 atom stereocenters. The number of aromatic nitrogens is 2. The summed E-state index contributed by atoms with van der Waals surface area (Å²) < 4.78 is 7.05. The van der Waals surface area contributed by atoms with Crippen molar-refractivity contribution in [2.75, 3.05) is 27.2 Å². The number of methoxy groups -OCH3 is 1. The van der Waals surface area contributed by atoms with Crippen LogP contribution in [-0.4, -0.2) is 47.9 Å². The Bertz CT molecular complexity index is 663. The van der Waals surface area contributed by atoms with Gasteiger partial charge in [0.2, 0.25) is 0 Å². The third kappa shape index (κ3) is 5.52. The Morgan fingerprint density at radius 2 is 2.00 bits per heavy atom. The van der Waals surface area contributed by atoms with Gasteiger partial charge in [-0.05, 0) is 43.7 Å². The number of guanidine groups is 1. The first-order valence-electron chi connectivity index (χ1n) is 8.86. The van der Waals surface area contributed by atoms with E-state index in [1.807, 2.05) is 41.2 Å². The highest BCUT2D eigenvalue weighted by atomic mass is 16.5. The van der Waals surface area contributed by atoms with Crippen LogP contribution in [-0.2, 0) is 6.54 Å². The van der Waals surface area contributed by atoms with E-state index in [4.69, 9.17) is 9.73 Å². The summed E-state index contributed by atoms with van der Waals surface area (Å²) in [6, 6.07) is 9.84. The summed E-state index contributed by atoms with van der Waals surface area (Å²) in [5.74, 6) is 1.76. The Morgan fingerprint density at radius 3 is 2.64 bits per heavy atom. The maximum Gasteiger partial charge on any atom is 0.194 e. The van der Waals surface area contributed by atoms with Gasteiger partial charge in [-0.15, -0.1) is 0 Å². The molecule has 0 saturated heterocycles. The van der Waals surface area contributed by atoms with Crippen LogP contribution in [0.5, 0.6) is 5.75 Å². The summed E-state index contributed by atoms with van der Waals surface area (Å²) in [7, 11) is 3.74. The van der Waals surface area contributed by atoms with E-state index in [2.05, 4.69) is 36.2 Å². The zero-order chi connectivity index (χ0) is 18.1. The highest BCUT2D eigenvalue weighted by Gasteiger charge is 2.06. The highest BCUT2D eigenvalue weighted by Crippen LogP contribution is 2.14. The molecule has 25 heavy (non-hydrogen) atoms. The summed E-state index contributed by atoms with van der Waals surface area (Å²) in [5, 5.41) is 7.95. The van der Waals surface area contributed by atoms with Crippen LogP contribution in [0, 0.1) is 0 Å². The molecule has 0 bridgehead atoms. The fraction of sp³-hybridized carbons (Fsp3) is 0.474. The number of hydrogen-bond acceptors (Lipinski definition) is 3. The molecule has 6 heteroatoms. The molecule has 1 N–H and O–H groups in total. The molecule has 0 fully saturated rings. The molecule has 0 spiro atoms. The second kappa shape index (κ2) is 9.71. The molecule has 0 radical (unpaired) electrons. The number of hydrogen-bond donors (Lipinski definition) is 1. The SMILES string of the molecule is CCCCN(C)C(=NCc1ccn(-c2ccc(OC)cc2)n1)NCC. The largest absolute Gasteiger partial charge is 0.497 e. The Kier molecular flexibility index (Phi) is 7.32. The van der Waals surface area contributed by atoms with Crippen molar-refractivity contribution < 1.29 is 4.74 Å². The molecule has 1 aromatic heterocycles. The van der Waals surface area contributed by atoms with Crippen molar-refractivity contribution in [2.45, 2.75) is 33.2 Å². The lowest BCUT2D eigenvalue weighted by Crippen LogP contribution is -2.39. The molecule has 0 aliphatic rings. The number of ether oxygens (including phenoxy) is 1. The van der Waals surface area contributed by atoms with Crippen molar-refractivity contribution >= 4 is 5.96 Å². The number of nitrogens with zero attached hydrogens (tertiary/aromatic N) is 4. The Labute approximate surface area is 150 Å². The lowest BCUT2D eigenvalue weighted by molar-refractivity contribution is 0.414. The smallest absolute Gasteiger partial charge is 0.194 e. The van der Waals surface area contributed by atoms with E-state index in [0.717, 1.165) is 42.6 Å². The molecule has 0 aliphatic heterocycles. The lowest BCUT2D eigenvalue weighted by atomic mass is 10.3. The first kappa shape index (κ1) is 18.8. The average Bonchev–Trinajstić information content (AvgIpc) is 3.12. The number of aliphatic imine (C=N–C) groups is 1. The predicted molar refractivity (Wildman–Crippen MR) is 102 cm³/mol. The van der Waals surface area contributed by atoms with Crippen molar-refractivity contribution in [1.29, 1.82) is 0 Å². The van der Waals surface area contributed by atoms with Crippen molar-refractivity contribution in [1.82, 2.24) is 20.0 Å². The zero-order valence-electron chi connectivity index (χ0n) is 15.7. The Morgan fingerprint density at radius 1 is 1.24 bits per heavy atom. The van der Waals surface area contributed by atoms with Crippen molar-refractivity contribution in [3.05, 3.63) is 42.2 Å². The third-order valence-electron chi connectivity index (χ3n) is 3.92. The molecule has 0 amide bonds. The van der Waals surface area contributed by atoms with Crippen LogP contribution in [0.3, 0.4) is 0 Å². The minimum Gasteiger partial charge on any atom is -0.497 e. The molecular formula is C19H29N5O. The molecule has 1 heterocycles. The van der Waals surface area contributed by atoms with Gasteiger partial charge in [-0.2, -0.15) is 5.10 Å². The first-order chi connectivity index (χ1) is 12.2. The molecule has 1 aromatic carbocycles. The second-order valence-electron chi connectivity index (χ2n) is 5.89. The normalized spacial score (nSPS) is 11.4. The van der Waals surface area contributed by atoms with Crippen LogP contribution >= 0.6 is 0 Å². The van der Waals surface area contributed by atoms with E-state index in [9.17, 15) is 0 Å². The van der Waals surface area contributed by atoms with Crippen LogP contribution in [0.2, 0.25) is 0 Å². The molecule has 6 nitrogen and oxygen atoms in total. The molecule has 0 aliphatic carbocycles. The van der Waals surface area contributed by atoms with Crippen LogP contribution in [0.25, 0.3) is 5.69 Å². The summed E-state index contributed by atoms with van der Waals surface area (Å²) in [6.07, 6.45) is 4.30. The lowest BCUT2D eigenvalue weighted by Gasteiger charge is -2.21. The van der Waals surface area contributed by atoms with Gasteiger partial charge in [0.05, 0.1) is 25.0 Å². The standard InChI is InChI=1S/C19H29N5O/c1-5-7-13-23(3)19(20-6-2)21-15-16-12-14-24(22-16)17-8-10-18(25-4)11-9-17/h8-12,14H,5-7,13,15H2,1-4H3,(H,20,21). The molecule has 136 valence electrons. The van der Waals surface area contributed by atoms with Gasteiger partial charge < -0.3 is 15.0 Å². The summed E-state index contributed by atoms with van der Waals surface area (Å²) in [5.41, 5.74) is 1.94. The van der Waals surface area contributed by atoms with E-state index in [1.54, 1.807) is 7.11 Å². The number of nitrogens with one attached hydrogen (secondary N) is 1. The monoisotopic (exact) mass is 343 g/mol. The molecule has 0 saturated carbocycles. The van der Waals surface area contributed by atoms with E-state index >= 15 is 0 Å². The van der Waals surface area contributed by atoms with Crippen molar-refractivity contribution in [3.63, 3.8) is 0 Å². The predicted octanol–water partition coefficient (Wildman–Crippen LogP) is 3.08. The van der Waals surface area contributed by atoms with Gasteiger partial charge in [-0.3, -0.25) is 0 Å². The van der Waals surface area contributed by atoms with Gasteiger partial charge in [-0.25, -0.2) is 9.67 Å². The van der Waals surface area contributed by atoms with Gasteiger partial charge in [-0.1, -0.05) is 13.3 Å². The molecule has 2 rings (SSSR count). The van der Waals surface area contributed by atoms with Gasteiger partial charge in [0, 0.05) is 26.3 Å². The fourth-order valence-electron chi connectivity index (χ4n) is 2.45. The highest BCUT2D eigenvalue weighted by molar-refractivity contribution is 5.79. The summed E-state index contributed by atoms with van der Waals surface area (Å²) in [6.45, 7) is 6.70. The van der Waals surface area contributed by atoms with Gasteiger partial charge >= 0.3 is 0 Å². The van der Waals surface area contributed by atoms with Crippen molar-refractivity contribution in [2.24, 2.45) is 4.99 Å². The van der Waals surface area contributed by atoms with Crippen LogP contribution in [0.4, 0.5) is 0 Å². The number of rotatable bonds is 8. The topological polar surface area (TPSA) is 54.7 Å². The quantitative estimate of drug-likeness (QED) is 0.591. The molecule has 0 unspecified atom stereocenters. The molecule has 2 aromatic rings. The maximum atomic E-state index is 5.19. The summed E-state index contributed by atoms with van der Waals surface area (Å²) in [4.78, 5) is 6.88. The van der Waals surface area contributed by atoms with E-state index in [0.29, 0.717) is 6.54 Å². The minimum atomic E-state index is 0.557. The minimum absolute atomic E-state index is 0.557. The molecular weight excluding hydrogens is 314 g/mol. The van der Waals surface area contributed by atoms with Gasteiger partial charge in [0.1, 0.15) is 5.75 Å². The van der Waals surface area contributed by atoms with Crippen molar-refractivity contribution in [3.8, 4) is 11.4 Å². The average molecular weight is 343 g/mol. The van der Waals surface area contributed by atoms with Crippen LogP contribution in [0.15, 0.2) is 41.5 Å². The second-order valence-corrected chi connectivity index (χ2v) is 5.89. The van der Waals surface area contributed by atoms with Gasteiger partial charge in [0.15, 0.2) is 5.96 Å². The zero-order valence-corrected chi connectivity index (χ0v) is 15.7. The number of unbranched alkanes of at least 4 members (excludes halogenated alkanes) is 1. The first-order valence-corrected chi connectivity index (χ1v) is 8.86. The van der Waals surface area contributed by atoms with E-state index in [1.165, 1.54) is 6.42 Å². The summed E-state index contributed by atoms with van der Waals surface area (Å²) >= 11 is 0. The Balaban J connectivity index is 2.04.